The molecule has 1 aliphatic heterocycles. The molecule has 2 heterocycles. The van der Waals surface area contributed by atoms with E-state index >= 15 is 0 Å². The lowest BCUT2D eigenvalue weighted by molar-refractivity contribution is 0.0979. The Morgan fingerprint density at radius 1 is 1.21 bits per heavy atom. The maximum atomic E-state index is 11.8. The van der Waals surface area contributed by atoms with Gasteiger partial charge in [-0.05, 0) is 49.1 Å². The quantitative estimate of drug-likeness (QED) is 0.503. The number of hydrogen-bond acceptors (Lipinski definition) is 7. The van der Waals surface area contributed by atoms with E-state index in [4.69, 9.17) is 19.4 Å². The molecule has 1 unspecified atom stereocenters. The first kappa shape index (κ1) is 24.5. The van der Waals surface area contributed by atoms with E-state index in [1.165, 1.54) is 0 Å². The van der Waals surface area contributed by atoms with E-state index in [9.17, 15) is 9.90 Å². The number of nitrogens with zero attached hydrogens (tertiary/aromatic N) is 3. The average molecular weight is 473 g/mol. The Balaban J connectivity index is 0.00000306. The van der Waals surface area contributed by atoms with Gasteiger partial charge in [0.2, 0.25) is 0 Å². The number of carbonyl (C=O) groups is 1. The third-order valence-electron chi connectivity index (χ3n) is 5.62. The van der Waals surface area contributed by atoms with Crippen LogP contribution in [-0.4, -0.2) is 61.1 Å². The van der Waals surface area contributed by atoms with E-state index in [1.807, 2.05) is 31.2 Å². The van der Waals surface area contributed by atoms with Crippen molar-refractivity contribution >= 4 is 35.2 Å². The Hall–Kier alpha value is -3.10. The molecule has 8 nitrogen and oxygen atoms in total. The first-order valence-corrected chi connectivity index (χ1v) is 10.8. The number of alkyl carbamates (subject to hydrolysis) is 1. The number of benzene rings is 2. The van der Waals surface area contributed by atoms with Crippen LogP contribution in [0.3, 0.4) is 0 Å². The van der Waals surface area contributed by atoms with Gasteiger partial charge in [-0.2, -0.15) is 0 Å². The summed E-state index contributed by atoms with van der Waals surface area (Å²) < 4.78 is 9.95. The molecule has 3 aromatic rings. The molecule has 0 aliphatic carbocycles. The van der Waals surface area contributed by atoms with Crippen LogP contribution >= 0.6 is 12.4 Å². The molecule has 1 amide bonds. The van der Waals surface area contributed by atoms with Crippen LogP contribution in [0.5, 0.6) is 5.75 Å². The highest BCUT2D eigenvalue weighted by molar-refractivity contribution is 5.92. The predicted octanol–water partition coefficient (Wildman–Crippen LogP) is 3.93. The third kappa shape index (κ3) is 5.83. The molecule has 1 atom stereocenters. The largest absolute Gasteiger partial charge is 0.507 e. The van der Waals surface area contributed by atoms with Gasteiger partial charge in [-0.25, -0.2) is 14.8 Å². The zero-order valence-corrected chi connectivity index (χ0v) is 19.6. The van der Waals surface area contributed by atoms with Gasteiger partial charge in [-0.15, -0.1) is 12.4 Å². The van der Waals surface area contributed by atoms with Crippen molar-refractivity contribution in [1.29, 1.82) is 0 Å². The molecule has 176 valence electrons. The van der Waals surface area contributed by atoms with Crippen molar-refractivity contribution in [1.82, 2.24) is 15.3 Å². The van der Waals surface area contributed by atoms with Crippen LogP contribution in [0.4, 0.5) is 10.6 Å². The highest BCUT2D eigenvalue weighted by atomic mass is 35.5. The normalized spacial score (nSPS) is 15.3. The monoisotopic (exact) mass is 472 g/mol. The van der Waals surface area contributed by atoms with Crippen LogP contribution in [-0.2, 0) is 9.47 Å². The summed E-state index contributed by atoms with van der Waals surface area (Å²) in [5.41, 5.74) is 2.56. The van der Waals surface area contributed by atoms with Crippen LogP contribution in [0.25, 0.3) is 22.3 Å². The lowest BCUT2D eigenvalue weighted by Gasteiger charge is -2.21. The van der Waals surface area contributed by atoms with Crippen molar-refractivity contribution in [3.05, 3.63) is 48.0 Å². The van der Waals surface area contributed by atoms with Crippen LogP contribution in [0.15, 0.2) is 42.5 Å². The number of methoxy groups -OCH3 is 1. The maximum Gasteiger partial charge on any atom is 0.407 e. The molecule has 2 N–H and O–H groups in total. The van der Waals surface area contributed by atoms with Gasteiger partial charge >= 0.3 is 6.09 Å². The first-order valence-electron chi connectivity index (χ1n) is 10.8. The summed E-state index contributed by atoms with van der Waals surface area (Å²) in [6, 6.07) is 13.2. The predicted molar refractivity (Wildman–Crippen MR) is 130 cm³/mol. The minimum Gasteiger partial charge on any atom is -0.507 e. The van der Waals surface area contributed by atoms with Crippen LogP contribution in [0, 0.1) is 12.8 Å². The highest BCUT2D eigenvalue weighted by Crippen LogP contribution is 2.33. The number of anilines is 1. The molecule has 4 rings (SSSR count). The van der Waals surface area contributed by atoms with Gasteiger partial charge in [0.25, 0.3) is 0 Å². The summed E-state index contributed by atoms with van der Waals surface area (Å²) in [4.78, 5) is 23.6. The number of aromatic nitrogens is 2. The number of phenolic OH excluding ortho intramolecular Hbond substituents is 1. The van der Waals surface area contributed by atoms with Crippen molar-refractivity contribution in [2.24, 2.45) is 5.92 Å². The molecular weight excluding hydrogens is 444 g/mol. The summed E-state index contributed by atoms with van der Waals surface area (Å²) in [7, 11) is 1.57. The Bertz CT molecular complexity index is 1110. The minimum absolute atomic E-state index is 0. The molecule has 9 heteroatoms. The number of nitrogens with one attached hydrogen (secondary N) is 1. The Morgan fingerprint density at radius 2 is 2.03 bits per heavy atom. The highest BCUT2D eigenvalue weighted by Gasteiger charge is 2.26. The van der Waals surface area contributed by atoms with E-state index in [1.54, 1.807) is 19.2 Å². The molecule has 1 aromatic heterocycles. The number of hydrogen-bond donors (Lipinski definition) is 2. The summed E-state index contributed by atoms with van der Waals surface area (Å²) in [5, 5.41) is 14.1. The van der Waals surface area contributed by atoms with Crippen molar-refractivity contribution in [2.45, 2.75) is 13.3 Å². The van der Waals surface area contributed by atoms with Crippen molar-refractivity contribution in [3.63, 3.8) is 0 Å². The van der Waals surface area contributed by atoms with E-state index in [2.05, 4.69) is 16.3 Å². The molecule has 0 radical (unpaired) electrons. The molecule has 33 heavy (non-hydrogen) atoms. The second-order valence-corrected chi connectivity index (χ2v) is 8.02. The number of carbonyl (C=O) groups excluding carboxylic acids is 1. The molecule has 0 bridgehead atoms. The van der Waals surface area contributed by atoms with E-state index in [-0.39, 0.29) is 30.7 Å². The van der Waals surface area contributed by atoms with E-state index in [0.717, 1.165) is 41.8 Å². The van der Waals surface area contributed by atoms with Gasteiger partial charge in [0, 0.05) is 32.1 Å². The van der Waals surface area contributed by atoms with Gasteiger partial charge in [-0.3, -0.25) is 0 Å². The summed E-state index contributed by atoms with van der Waals surface area (Å²) >= 11 is 0. The topological polar surface area (TPSA) is 96.8 Å². The molecular formula is C24H29ClN4O4. The lowest BCUT2D eigenvalue weighted by Crippen LogP contribution is -2.32. The SMILES string of the molecule is COCCOC(=O)NCC1CCN(c2nc(-c3ccccc3O)nc3cc(C)ccc23)C1.Cl. The number of phenols is 1. The minimum atomic E-state index is -0.426. The second kappa shape index (κ2) is 11.2. The fraction of sp³-hybridized carbons (Fsp3) is 0.375. The average Bonchev–Trinajstić information content (AvgIpc) is 3.26. The van der Waals surface area contributed by atoms with Crippen molar-refractivity contribution < 1.29 is 19.4 Å². The second-order valence-electron chi connectivity index (χ2n) is 8.02. The van der Waals surface area contributed by atoms with Gasteiger partial charge in [0.15, 0.2) is 5.82 Å². The number of fused-ring (bicyclic) bond motifs is 1. The van der Waals surface area contributed by atoms with Crippen molar-refractivity contribution in [3.8, 4) is 17.1 Å². The number of rotatable bonds is 7. The molecule has 0 spiro atoms. The number of amides is 1. The lowest BCUT2D eigenvalue weighted by atomic mass is 10.1. The van der Waals surface area contributed by atoms with Gasteiger partial charge in [0.05, 0.1) is 17.7 Å². The fourth-order valence-electron chi connectivity index (χ4n) is 3.94. The van der Waals surface area contributed by atoms with Crippen LogP contribution in [0.1, 0.15) is 12.0 Å². The smallest absolute Gasteiger partial charge is 0.407 e. The zero-order chi connectivity index (χ0) is 22.5. The number of aryl methyl sites for hydroxylation is 1. The molecule has 2 aromatic carbocycles. The third-order valence-corrected chi connectivity index (χ3v) is 5.62. The fourth-order valence-corrected chi connectivity index (χ4v) is 3.94. The van der Waals surface area contributed by atoms with Gasteiger partial charge in [0.1, 0.15) is 18.2 Å². The number of para-hydroxylation sites is 1. The van der Waals surface area contributed by atoms with Gasteiger partial charge < -0.3 is 24.8 Å². The number of aromatic hydroxyl groups is 1. The molecule has 1 saturated heterocycles. The standard InChI is InChI=1S/C24H28N4O4.ClH/c1-16-7-8-18-20(13-16)26-22(19-5-3-4-6-21(19)29)27-23(18)28-10-9-17(15-28)14-25-24(30)32-12-11-31-2;/h3-8,13,17,29H,9-12,14-15H2,1-2H3,(H,25,30);1H. The van der Waals surface area contributed by atoms with E-state index in [0.29, 0.717) is 24.5 Å². The summed E-state index contributed by atoms with van der Waals surface area (Å²) in [5.74, 6) is 1.79. The Labute approximate surface area is 199 Å². The molecule has 1 fully saturated rings. The van der Waals surface area contributed by atoms with E-state index < -0.39 is 6.09 Å². The van der Waals surface area contributed by atoms with Crippen molar-refractivity contribution in [2.75, 3.05) is 44.9 Å². The molecule has 1 aliphatic rings. The Kier molecular flexibility index (Phi) is 8.30. The Morgan fingerprint density at radius 3 is 2.82 bits per heavy atom. The first-order chi connectivity index (χ1) is 15.5. The van der Waals surface area contributed by atoms with Crippen LogP contribution < -0.4 is 10.2 Å². The van der Waals surface area contributed by atoms with Gasteiger partial charge in [-0.1, -0.05) is 18.2 Å². The number of halogens is 1. The molecule has 0 saturated carbocycles. The summed E-state index contributed by atoms with van der Waals surface area (Å²) in [6.45, 7) is 4.77. The van der Waals surface area contributed by atoms with Crippen LogP contribution in [0.2, 0.25) is 0 Å². The zero-order valence-electron chi connectivity index (χ0n) is 18.8. The maximum absolute atomic E-state index is 11.8. The number of ether oxygens (including phenoxy) is 2. The summed E-state index contributed by atoms with van der Waals surface area (Å²) in [6.07, 6.45) is 0.507.